The number of aromatic nitrogens is 2. The highest BCUT2D eigenvalue weighted by Crippen LogP contribution is 2.23. The molecule has 0 saturated carbocycles. The van der Waals surface area contributed by atoms with Crippen molar-refractivity contribution in [1.82, 2.24) is 20.0 Å². The first-order valence-corrected chi connectivity index (χ1v) is 8.45. The highest BCUT2D eigenvalue weighted by molar-refractivity contribution is 5.92. The van der Waals surface area contributed by atoms with E-state index in [0.29, 0.717) is 11.3 Å². The molecule has 0 spiro atoms. The molecular formula is C18H22F2N4O. The largest absolute Gasteiger partial charge is 0.334 e. The van der Waals surface area contributed by atoms with Crippen LogP contribution in [0.2, 0.25) is 0 Å². The lowest BCUT2D eigenvalue weighted by molar-refractivity contribution is 0.0735. The number of hydrogen-bond donors (Lipinski definition) is 1. The number of piperidine rings is 1. The zero-order valence-corrected chi connectivity index (χ0v) is 14.4. The lowest BCUT2D eigenvalue weighted by atomic mass is 10.1. The van der Waals surface area contributed by atoms with Crippen molar-refractivity contribution in [3.05, 3.63) is 53.4 Å². The van der Waals surface area contributed by atoms with Gasteiger partial charge in [-0.2, -0.15) is 5.10 Å². The Kier molecular flexibility index (Phi) is 5.13. The van der Waals surface area contributed by atoms with Crippen LogP contribution in [-0.2, 0) is 0 Å². The minimum atomic E-state index is -0.917. The quantitative estimate of drug-likeness (QED) is 0.924. The van der Waals surface area contributed by atoms with Gasteiger partial charge < -0.3 is 10.2 Å². The summed E-state index contributed by atoms with van der Waals surface area (Å²) in [6.07, 6.45) is 3.94. The minimum Gasteiger partial charge on any atom is -0.334 e. The zero-order valence-electron chi connectivity index (χ0n) is 14.4. The van der Waals surface area contributed by atoms with Crippen molar-refractivity contribution in [3.8, 4) is 0 Å². The molecule has 1 amide bonds. The van der Waals surface area contributed by atoms with Crippen LogP contribution in [0.3, 0.4) is 0 Å². The van der Waals surface area contributed by atoms with Gasteiger partial charge >= 0.3 is 0 Å². The maximum atomic E-state index is 13.4. The Bertz CT molecular complexity index is 755. The second kappa shape index (κ2) is 7.31. The SMILES string of the molecule is CC(c1ccc(F)c(F)c1)N(C)C(=O)c1ccn(C2CCCNC2)n1. The van der Waals surface area contributed by atoms with Crippen LogP contribution >= 0.6 is 0 Å². The Hall–Kier alpha value is -2.28. The molecule has 1 aromatic carbocycles. The number of nitrogens with zero attached hydrogens (tertiary/aromatic N) is 3. The Labute approximate surface area is 145 Å². The van der Waals surface area contributed by atoms with E-state index < -0.39 is 17.7 Å². The molecule has 5 nitrogen and oxygen atoms in total. The molecule has 1 N–H and O–H groups in total. The number of carbonyl (C=O) groups is 1. The molecule has 2 aromatic rings. The third kappa shape index (κ3) is 3.71. The Balaban J connectivity index is 1.73. The molecule has 3 rings (SSSR count). The van der Waals surface area contributed by atoms with E-state index in [1.54, 1.807) is 20.0 Å². The smallest absolute Gasteiger partial charge is 0.274 e. The summed E-state index contributed by atoms with van der Waals surface area (Å²) in [5.41, 5.74) is 0.883. The summed E-state index contributed by atoms with van der Waals surface area (Å²) in [5, 5.41) is 7.74. The molecule has 25 heavy (non-hydrogen) atoms. The molecule has 2 heterocycles. The first-order chi connectivity index (χ1) is 12.0. The lowest BCUT2D eigenvalue weighted by Gasteiger charge is -2.25. The molecule has 1 aliphatic rings. The van der Waals surface area contributed by atoms with Gasteiger partial charge in [0, 0.05) is 19.8 Å². The Morgan fingerprint density at radius 2 is 2.16 bits per heavy atom. The fourth-order valence-corrected chi connectivity index (χ4v) is 3.07. The topological polar surface area (TPSA) is 50.2 Å². The van der Waals surface area contributed by atoms with Gasteiger partial charge in [0.05, 0.1) is 12.1 Å². The van der Waals surface area contributed by atoms with E-state index >= 15 is 0 Å². The van der Waals surface area contributed by atoms with Crippen LogP contribution in [0.4, 0.5) is 8.78 Å². The van der Waals surface area contributed by atoms with Gasteiger partial charge in [0.15, 0.2) is 11.6 Å². The fourth-order valence-electron chi connectivity index (χ4n) is 3.07. The second-order valence-corrected chi connectivity index (χ2v) is 6.45. The number of halogens is 2. The highest BCUT2D eigenvalue weighted by atomic mass is 19.2. The van der Waals surface area contributed by atoms with Gasteiger partial charge in [-0.15, -0.1) is 0 Å². The number of carbonyl (C=O) groups excluding carboxylic acids is 1. The van der Waals surface area contributed by atoms with Crippen molar-refractivity contribution in [3.63, 3.8) is 0 Å². The van der Waals surface area contributed by atoms with Crippen LogP contribution < -0.4 is 5.32 Å². The van der Waals surface area contributed by atoms with Crippen LogP contribution in [0, 0.1) is 11.6 Å². The van der Waals surface area contributed by atoms with Gasteiger partial charge in [-0.1, -0.05) is 6.07 Å². The molecule has 7 heteroatoms. The average molecular weight is 348 g/mol. The molecular weight excluding hydrogens is 326 g/mol. The van der Waals surface area contributed by atoms with Gasteiger partial charge in [-0.3, -0.25) is 9.48 Å². The van der Waals surface area contributed by atoms with E-state index in [1.165, 1.54) is 11.0 Å². The molecule has 2 unspecified atom stereocenters. The summed E-state index contributed by atoms with van der Waals surface area (Å²) in [6, 6.07) is 5.23. The van der Waals surface area contributed by atoms with Crippen molar-refractivity contribution >= 4 is 5.91 Å². The van der Waals surface area contributed by atoms with Gasteiger partial charge in [0.25, 0.3) is 5.91 Å². The molecule has 0 bridgehead atoms. The molecule has 1 aliphatic heterocycles. The number of rotatable bonds is 4. The number of benzene rings is 1. The molecule has 1 saturated heterocycles. The first-order valence-electron chi connectivity index (χ1n) is 8.45. The van der Waals surface area contributed by atoms with Crippen molar-refractivity contribution in [2.24, 2.45) is 0 Å². The Morgan fingerprint density at radius 1 is 1.36 bits per heavy atom. The predicted molar refractivity (Wildman–Crippen MR) is 90.2 cm³/mol. The van der Waals surface area contributed by atoms with Gasteiger partial charge in [-0.25, -0.2) is 8.78 Å². The maximum Gasteiger partial charge on any atom is 0.274 e. The third-order valence-corrected chi connectivity index (χ3v) is 4.80. The normalized spacial score (nSPS) is 18.8. The maximum absolute atomic E-state index is 13.4. The Morgan fingerprint density at radius 3 is 2.84 bits per heavy atom. The number of amides is 1. The molecule has 134 valence electrons. The lowest BCUT2D eigenvalue weighted by Crippen LogP contribution is -2.33. The van der Waals surface area contributed by atoms with Crippen molar-refractivity contribution in [2.75, 3.05) is 20.1 Å². The summed E-state index contributed by atoms with van der Waals surface area (Å²) in [4.78, 5) is 14.2. The molecule has 2 atom stereocenters. The summed E-state index contributed by atoms with van der Waals surface area (Å²) in [5.74, 6) is -2.07. The summed E-state index contributed by atoms with van der Waals surface area (Å²) in [6.45, 7) is 3.63. The van der Waals surface area contributed by atoms with Gasteiger partial charge in [0.2, 0.25) is 0 Å². The highest BCUT2D eigenvalue weighted by Gasteiger charge is 2.23. The minimum absolute atomic E-state index is 0.250. The molecule has 1 aromatic heterocycles. The first kappa shape index (κ1) is 17.5. The van der Waals surface area contributed by atoms with E-state index in [-0.39, 0.29) is 11.9 Å². The summed E-state index contributed by atoms with van der Waals surface area (Å²) in [7, 11) is 1.63. The van der Waals surface area contributed by atoms with Gasteiger partial charge in [-0.05, 0) is 50.1 Å². The van der Waals surface area contributed by atoms with E-state index in [9.17, 15) is 13.6 Å². The molecule has 0 aliphatic carbocycles. The molecule has 1 fully saturated rings. The number of nitrogens with one attached hydrogen (secondary N) is 1. The number of hydrogen-bond acceptors (Lipinski definition) is 3. The van der Waals surface area contributed by atoms with Crippen molar-refractivity contribution < 1.29 is 13.6 Å². The van der Waals surface area contributed by atoms with Crippen molar-refractivity contribution in [1.29, 1.82) is 0 Å². The summed E-state index contributed by atoms with van der Waals surface area (Å²) >= 11 is 0. The molecule has 0 radical (unpaired) electrons. The van der Waals surface area contributed by atoms with E-state index in [1.807, 2.05) is 10.9 Å². The predicted octanol–water partition coefficient (Wildman–Crippen LogP) is 2.92. The third-order valence-electron chi connectivity index (χ3n) is 4.80. The van der Waals surface area contributed by atoms with Crippen LogP contribution in [0.25, 0.3) is 0 Å². The summed E-state index contributed by atoms with van der Waals surface area (Å²) < 4.78 is 28.4. The van der Waals surface area contributed by atoms with Crippen LogP contribution in [0.15, 0.2) is 30.5 Å². The zero-order chi connectivity index (χ0) is 18.0. The fraction of sp³-hybridized carbons (Fsp3) is 0.444. The van der Waals surface area contributed by atoms with E-state index in [4.69, 9.17) is 0 Å². The second-order valence-electron chi connectivity index (χ2n) is 6.45. The van der Waals surface area contributed by atoms with Crippen LogP contribution in [0.5, 0.6) is 0 Å². The van der Waals surface area contributed by atoms with Crippen molar-refractivity contribution in [2.45, 2.75) is 31.8 Å². The van der Waals surface area contributed by atoms with E-state index in [2.05, 4.69) is 10.4 Å². The van der Waals surface area contributed by atoms with Gasteiger partial charge in [0.1, 0.15) is 5.69 Å². The van der Waals surface area contributed by atoms with Crippen LogP contribution in [0.1, 0.15) is 47.9 Å². The monoisotopic (exact) mass is 348 g/mol. The van der Waals surface area contributed by atoms with Crippen LogP contribution in [-0.4, -0.2) is 40.7 Å². The van der Waals surface area contributed by atoms with E-state index in [0.717, 1.165) is 38.1 Å². The standard InChI is InChI=1S/C18H22F2N4O/c1-12(13-5-6-15(19)16(20)10-13)23(2)18(25)17-7-9-24(22-17)14-4-3-8-21-11-14/h5-7,9-10,12,14,21H,3-4,8,11H2,1-2H3. The average Bonchev–Trinajstić information content (AvgIpc) is 3.13.